The maximum Gasteiger partial charge on any atom is 1.00 e. The van der Waals surface area contributed by atoms with Crippen LogP contribution in [0.3, 0.4) is 0 Å². The van der Waals surface area contributed by atoms with Crippen molar-refractivity contribution in [2.24, 2.45) is 10.7 Å². The standard InChI is InChI=1S/2C14H14P.2Au.2HNO2/c2*1-15(2,13-9-5-3-6-10-13)14-11-7-4-8-12-14;;;2*2-1-3/h2*3-12H,1-2H2;;;2*(H,2,3)/q2*-1;2*+1;;/p-2. The van der Waals surface area contributed by atoms with Crippen molar-refractivity contribution < 1.29 is 44.8 Å². The molecule has 4 aromatic rings. The molecule has 0 fully saturated rings. The fourth-order valence-corrected chi connectivity index (χ4v) is 6.72. The fraction of sp³-hybridized carbons (Fsp3) is 0. The summed E-state index contributed by atoms with van der Waals surface area (Å²) in [7, 11) is -3.29. The molecule has 0 heterocycles. The number of nitrogens with zero attached hydrogens (tertiary/aromatic N) is 2. The topological polar surface area (TPSA) is 105 Å². The van der Waals surface area contributed by atoms with E-state index in [4.69, 9.17) is 20.2 Å². The van der Waals surface area contributed by atoms with Crippen molar-refractivity contribution in [2.75, 3.05) is 0 Å². The van der Waals surface area contributed by atoms with E-state index in [1.165, 1.54) is 21.2 Å². The minimum atomic E-state index is -1.65. The average molecular weight is 912 g/mol. The zero-order valence-corrected chi connectivity index (χ0v) is 26.5. The Morgan fingerprint density at radius 2 is 0.553 bits per heavy atom. The first-order valence-electron chi connectivity index (χ1n) is 10.5. The van der Waals surface area contributed by atoms with E-state index in [1.807, 2.05) is 72.8 Å². The van der Waals surface area contributed by atoms with Crippen LogP contribution < -0.4 is 21.2 Å². The molecule has 38 heavy (non-hydrogen) atoms. The first kappa shape index (κ1) is 38.2. The summed E-state index contributed by atoms with van der Waals surface area (Å²) >= 11 is 0. The Balaban J connectivity index is 0. The average Bonchev–Trinajstić information content (AvgIpc) is 2.92. The van der Waals surface area contributed by atoms with E-state index in [1.54, 1.807) is 0 Å². The van der Waals surface area contributed by atoms with Crippen molar-refractivity contribution in [1.82, 2.24) is 0 Å². The van der Waals surface area contributed by atoms with Crippen LogP contribution in [0.1, 0.15) is 0 Å². The first-order valence-corrected chi connectivity index (χ1v) is 14.9. The van der Waals surface area contributed by atoms with E-state index in [0.29, 0.717) is 0 Å². The van der Waals surface area contributed by atoms with Gasteiger partial charge in [-0.2, -0.15) is 41.2 Å². The third kappa shape index (κ3) is 12.7. The molecule has 0 atom stereocenters. The molecule has 4 aromatic carbocycles. The molecule has 0 aliphatic carbocycles. The van der Waals surface area contributed by atoms with Gasteiger partial charge in [-0.3, -0.25) is 0 Å². The SMILES string of the molecule is O=N[O-].O=N[O-].[Au+].[Au+].[CH2-][P+]([CH2-])(c1ccccc1)c1ccccc1.[CH2-][P+]([CH2-])(c1ccccc1)c1ccccc1. The van der Waals surface area contributed by atoms with Gasteiger partial charge in [0.1, 0.15) is 0 Å². The largest absolute Gasteiger partial charge is 1.00 e. The molecule has 0 unspecified atom stereocenters. The molecule has 0 spiro atoms. The summed E-state index contributed by atoms with van der Waals surface area (Å²) in [5, 5.41) is 23.0. The maximum atomic E-state index is 8.00. The third-order valence-corrected chi connectivity index (χ3v) is 10.1. The molecule has 0 aliphatic heterocycles. The van der Waals surface area contributed by atoms with Gasteiger partial charge < -0.3 is 20.2 Å². The second-order valence-corrected chi connectivity index (χ2v) is 13.4. The van der Waals surface area contributed by atoms with Crippen molar-refractivity contribution >= 4 is 35.7 Å². The van der Waals surface area contributed by atoms with Gasteiger partial charge in [-0.15, -0.1) is 10.7 Å². The summed E-state index contributed by atoms with van der Waals surface area (Å²) < 4.78 is 0. The predicted octanol–water partition coefficient (Wildman–Crippen LogP) is 6.97. The number of hydrogen-bond donors (Lipinski definition) is 0. The van der Waals surface area contributed by atoms with Crippen LogP contribution in [-0.4, -0.2) is 0 Å². The van der Waals surface area contributed by atoms with E-state index >= 15 is 0 Å². The summed E-state index contributed by atoms with van der Waals surface area (Å²) in [5.41, 5.74) is 0. The van der Waals surface area contributed by atoms with Gasteiger partial charge in [-0.25, -0.2) is 0 Å². The van der Waals surface area contributed by atoms with Crippen LogP contribution >= 0.6 is 14.5 Å². The van der Waals surface area contributed by atoms with Crippen LogP contribution in [0.4, 0.5) is 0 Å². The van der Waals surface area contributed by atoms with Crippen LogP contribution in [0.2, 0.25) is 0 Å². The van der Waals surface area contributed by atoms with E-state index in [9.17, 15) is 0 Å². The van der Waals surface area contributed by atoms with Gasteiger partial charge in [0.15, 0.2) is 0 Å². The van der Waals surface area contributed by atoms with Gasteiger partial charge >= 0.3 is 44.8 Å². The van der Waals surface area contributed by atoms with Crippen LogP contribution in [0.5, 0.6) is 0 Å². The van der Waals surface area contributed by atoms with Gasteiger partial charge in [-0.1, -0.05) is 72.8 Å². The van der Waals surface area contributed by atoms with Crippen LogP contribution in [0.15, 0.2) is 132 Å². The van der Waals surface area contributed by atoms with Crippen LogP contribution in [0, 0.1) is 46.9 Å². The Bertz CT molecular complexity index is 965. The number of rotatable bonds is 4. The normalized spacial score (nSPS) is 9.58. The molecule has 0 N–H and O–H groups in total. The molecule has 0 saturated carbocycles. The van der Waals surface area contributed by atoms with Gasteiger partial charge in [0.2, 0.25) is 0 Å². The van der Waals surface area contributed by atoms with Crippen molar-refractivity contribution in [3.63, 3.8) is 0 Å². The molecular formula is C28H28Au2N2O4P2-2. The van der Waals surface area contributed by atoms with E-state index in [-0.39, 0.29) is 44.8 Å². The molecule has 10 heteroatoms. The molecule has 0 amide bonds. The summed E-state index contributed by atoms with van der Waals surface area (Å²) in [6, 6.07) is 41.3. The van der Waals surface area contributed by atoms with Crippen molar-refractivity contribution in [1.29, 1.82) is 0 Å². The van der Waals surface area contributed by atoms with Gasteiger partial charge in [0.25, 0.3) is 0 Å². The molecular weight excluding hydrogens is 884 g/mol. The first-order chi connectivity index (χ1) is 17.2. The molecule has 4 rings (SSSR count). The maximum absolute atomic E-state index is 8.00. The van der Waals surface area contributed by atoms with Crippen LogP contribution in [0.25, 0.3) is 0 Å². The van der Waals surface area contributed by atoms with Gasteiger partial charge in [0, 0.05) is 21.2 Å². The monoisotopic (exact) mass is 912 g/mol. The minimum Gasteiger partial charge on any atom is -0.444 e. The second-order valence-electron chi connectivity index (χ2n) is 7.43. The molecule has 0 radical (unpaired) electrons. The molecule has 0 aromatic heterocycles. The van der Waals surface area contributed by atoms with Crippen molar-refractivity contribution in [3.8, 4) is 0 Å². The fourth-order valence-electron chi connectivity index (χ4n) is 3.15. The van der Waals surface area contributed by atoms with Crippen LogP contribution in [-0.2, 0) is 44.8 Å². The van der Waals surface area contributed by atoms with Crippen molar-refractivity contribution in [2.45, 2.75) is 0 Å². The Morgan fingerprint density at radius 3 is 0.684 bits per heavy atom. The third-order valence-electron chi connectivity index (χ3n) is 5.00. The molecule has 0 bridgehead atoms. The van der Waals surface area contributed by atoms with E-state index < -0.39 is 14.5 Å². The molecule has 6 nitrogen and oxygen atoms in total. The van der Waals surface area contributed by atoms with Crippen molar-refractivity contribution in [3.05, 3.63) is 168 Å². The van der Waals surface area contributed by atoms with Gasteiger partial charge in [0.05, 0.1) is 0 Å². The summed E-state index contributed by atoms with van der Waals surface area (Å²) in [4.78, 5) is 16.0. The van der Waals surface area contributed by atoms with Gasteiger partial charge in [-0.05, 0) is 48.5 Å². The number of hydrogen-bond acceptors (Lipinski definition) is 6. The van der Waals surface area contributed by atoms with E-state index in [2.05, 4.69) is 75.2 Å². The zero-order valence-electron chi connectivity index (χ0n) is 20.4. The quantitative estimate of drug-likeness (QED) is 0.0726. The smallest absolute Gasteiger partial charge is 0.444 e. The molecule has 208 valence electrons. The zero-order chi connectivity index (χ0) is 26.9. The minimum absolute atomic E-state index is 0. The Morgan fingerprint density at radius 1 is 0.421 bits per heavy atom. The number of benzene rings is 4. The Hall–Kier alpha value is -1.98. The summed E-state index contributed by atoms with van der Waals surface area (Å²) in [6.07, 6.45) is 0. The Kier molecular flexibility index (Phi) is 21.0. The molecule has 0 saturated heterocycles. The summed E-state index contributed by atoms with van der Waals surface area (Å²) in [6.45, 7) is 17.2. The van der Waals surface area contributed by atoms with E-state index in [0.717, 1.165) is 10.7 Å². The molecule has 0 aliphatic rings. The predicted molar refractivity (Wildman–Crippen MR) is 158 cm³/mol. The second kappa shape index (κ2) is 20.9. The Labute approximate surface area is 257 Å². The summed E-state index contributed by atoms with van der Waals surface area (Å²) in [5.74, 6) is 0.